The zero-order valence-electron chi connectivity index (χ0n) is 10.5. The second-order valence-corrected chi connectivity index (χ2v) is 4.65. The van der Waals surface area contributed by atoms with Crippen LogP contribution in [0, 0.1) is 19.7 Å². The minimum atomic E-state index is -0.727. The molecule has 0 spiro atoms. The zero-order valence-corrected chi connectivity index (χ0v) is 10.5. The molecular formula is C15H16FNO. The summed E-state index contributed by atoms with van der Waals surface area (Å²) in [5, 5.41) is 10.1. The average molecular weight is 245 g/mol. The molecule has 1 unspecified atom stereocenters. The van der Waals surface area contributed by atoms with Crippen LogP contribution in [0.2, 0.25) is 0 Å². The van der Waals surface area contributed by atoms with E-state index in [0.29, 0.717) is 12.0 Å². The van der Waals surface area contributed by atoms with E-state index in [1.165, 1.54) is 12.3 Å². The normalized spacial score (nSPS) is 12.4. The number of halogens is 1. The van der Waals surface area contributed by atoms with Crippen LogP contribution in [-0.2, 0) is 6.42 Å². The third-order valence-electron chi connectivity index (χ3n) is 2.82. The lowest BCUT2D eigenvalue weighted by molar-refractivity contribution is 0.177. The SMILES string of the molecule is Cc1cc(C)cc(CC(O)c2cncc(F)c2)c1. The van der Waals surface area contributed by atoms with Gasteiger partial charge in [0.25, 0.3) is 0 Å². The molecule has 0 amide bonds. The summed E-state index contributed by atoms with van der Waals surface area (Å²) in [7, 11) is 0. The second kappa shape index (κ2) is 5.27. The standard InChI is InChI=1S/C15H16FNO/c1-10-3-11(2)5-12(4-10)6-15(18)13-7-14(16)9-17-8-13/h3-5,7-9,15,18H,6H2,1-2H3. The van der Waals surface area contributed by atoms with Crippen molar-refractivity contribution >= 4 is 0 Å². The van der Waals surface area contributed by atoms with Crippen LogP contribution in [0.1, 0.15) is 28.4 Å². The van der Waals surface area contributed by atoms with Gasteiger partial charge in [-0.25, -0.2) is 4.39 Å². The molecule has 0 bridgehead atoms. The number of aliphatic hydroxyl groups excluding tert-OH is 1. The lowest BCUT2D eigenvalue weighted by atomic mass is 9.99. The van der Waals surface area contributed by atoms with Gasteiger partial charge in [-0.2, -0.15) is 0 Å². The van der Waals surface area contributed by atoms with E-state index in [-0.39, 0.29) is 0 Å². The fraction of sp³-hybridized carbons (Fsp3) is 0.267. The summed E-state index contributed by atoms with van der Waals surface area (Å²) in [4.78, 5) is 3.75. The summed E-state index contributed by atoms with van der Waals surface area (Å²) in [5.41, 5.74) is 3.88. The third-order valence-corrected chi connectivity index (χ3v) is 2.82. The number of hydrogen-bond donors (Lipinski definition) is 1. The van der Waals surface area contributed by atoms with Gasteiger partial charge in [0.2, 0.25) is 0 Å². The molecule has 1 aromatic carbocycles. The molecule has 2 nitrogen and oxygen atoms in total. The van der Waals surface area contributed by atoms with Crippen molar-refractivity contribution in [3.05, 3.63) is 64.7 Å². The maximum Gasteiger partial charge on any atom is 0.141 e. The Balaban J connectivity index is 2.18. The highest BCUT2D eigenvalue weighted by Gasteiger charge is 2.10. The number of benzene rings is 1. The van der Waals surface area contributed by atoms with Crippen molar-refractivity contribution in [2.24, 2.45) is 0 Å². The Kier molecular flexibility index (Phi) is 3.72. The number of nitrogens with zero attached hydrogens (tertiary/aromatic N) is 1. The molecule has 0 aliphatic rings. The first-order valence-electron chi connectivity index (χ1n) is 5.90. The van der Waals surface area contributed by atoms with Crippen LogP contribution in [0.25, 0.3) is 0 Å². The van der Waals surface area contributed by atoms with Crippen LogP contribution in [-0.4, -0.2) is 10.1 Å². The largest absolute Gasteiger partial charge is 0.388 e. The highest BCUT2D eigenvalue weighted by atomic mass is 19.1. The number of pyridine rings is 1. The maximum absolute atomic E-state index is 13.0. The maximum atomic E-state index is 13.0. The lowest BCUT2D eigenvalue weighted by Crippen LogP contribution is -2.03. The first-order chi connectivity index (χ1) is 8.54. The Hall–Kier alpha value is -1.74. The van der Waals surface area contributed by atoms with Crippen molar-refractivity contribution in [1.82, 2.24) is 4.98 Å². The van der Waals surface area contributed by atoms with Gasteiger partial charge in [0.05, 0.1) is 12.3 Å². The van der Waals surface area contributed by atoms with E-state index in [4.69, 9.17) is 0 Å². The first kappa shape index (κ1) is 12.7. The molecular weight excluding hydrogens is 229 g/mol. The Labute approximate surface area is 106 Å². The number of hydrogen-bond acceptors (Lipinski definition) is 2. The zero-order chi connectivity index (χ0) is 13.1. The summed E-state index contributed by atoms with van der Waals surface area (Å²) < 4.78 is 13.0. The Bertz CT molecular complexity index is 534. The van der Waals surface area contributed by atoms with E-state index in [0.717, 1.165) is 22.9 Å². The Morgan fingerprint density at radius 1 is 1.11 bits per heavy atom. The van der Waals surface area contributed by atoms with E-state index in [9.17, 15) is 9.50 Å². The Morgan fingerprint density at radius 2 is 1.78 bits per heavy atom. The Morgan fingerprint density at radius 3 is 2.39 bits per heavy atom. The van der Waals surface area contributed by atoms with Crippen molar-refractivity contribution < 1.29 is 9.50 Å². The topological polar surface area (TPSA) is 33.1 Å². The summed E-state index contributed by atoms with van der Waals surface area (Å²) in [6, 6.07) is 7.46. The van der Waals surface area contributed by atoms with Gasteiger partial charge in [-0.3, -0.25) is 4.98 Å². The van der Waals surface area contributed by atoms with Gasteiger partial charge in [-0.05, 0) is 25.5 Å². The van der Waals surface area contributed by atoms with Crippen LogP contribution in [0.15, 0.2) is 36.7 Å². The smallest absolute Gasteiger partial charge is 0.141 e. The molecule has 2 rings (SSSR count). The summed E-state index contributed by atoms with van der Waals surface area (Å²) in [6.07, 6.45) is 2.37. The van der Waals surface area contributed by atoms with Gasteiger partial charge in [-0.15, -0.1) is 0 Å². The third kappa shape index (κ3) is 3.14. The molecule has 0 radical (unpaired) electrons. The number of aliphatic hydroxyl groups is 1. The fourth-order valence-electron chi connectivity index (χ4n) is 2.14. The molecule has 1 heterocycles. The van der Waals surface area contributed by atoms with Crippen molar-refractivity contribution in [3.63, 3.8) is 0 Å². The predicted molar refractivity (Wildman–Crippen MR) is 68.8 cm³/mol. The predicted octanol–water partition coefficient (Wildman–Crippen LogP) is 3.11. The molecule has 94 valence electrons. The molecule has 0 saturated carbocycles. The van der Waals surface area contributed by atoms with Crippen molar-refractivity contribution in [1.29, 1.82) is 0 Å². The van der Waals surface area contributed by atoms with Gasteiger partial charge in [-0.1, -0.05) is 29.3 Å². The minimum absolute atomic E-state index is 0.424. The lowest BCUT2D eigenvalue weighted by Gasteiger charge is -2.12. The molecule has 0 saturated heterocycles. The van der Waals surface area contributed by atoms with Crippen LogP contribution < -0.4 is 0 Å². The van der Waals surface area contributed by atoms with Crippen LogP contribution in [0.3, 0.4) is 0 Å². The van der Waals surface area contributed by atoms with E-state index in [1.54, 1.807) is 0 Å². The van der Waals surface area contributed by atoms with Crippen LogP contribution >= 0.6 is 0 Å². The number of aryl methyl sites for hydroxylation is 2. The highest BCUT2D eigenvalue weighted by molar-refractivity contribution is 5.30. The van der Waals surface area contributed by atoms with Gasteiger partial charge in [0.1, 0.15) is 5.82 Å². The molecule has 3 heteroatoms. The molecule has 1 atom stereocenters. The summed E-state index contributed by atoms with van der Waals surface area (Å²) in [5.74, 6) is -0.424. The second-order valence-electron chi connectivity index (χ2n) is 4.65. The number of aromatic nitrogens is 1. The van der Waals surface area contributed by atoms with Crippen LogP contribution in [0.5, 0.6) is 0 Å². The quantitative estimate of drug-likeness (QED) is 0.901. The van der Waals surface area contributed by atoms with Gasteiger partial charge >= 0.3 is 0 Å². The van der Waals surface area contributed by atoms with E-state index >= 15 is 0 Å². The van der Waals surface area contributed by atoms with E-state index in [2.05, 4.69) is 11.1 Å². The highest BCUT2D eigenvalue weighted by Crippen LogP contribution is 2.19. The fourth-order valence-corrected chi connectivity index (χ4v) is 2.14. The van der Waals surface area contributed by atoms with Crippen molar-refractivity contribution in [2.75, 3.05) is 0 Å². The van der Waals surface area contributed by atoms with Crippen molar-refractivity contribution in [2.45, 2.75) is 26.4 Å². The first-order valence-corrected chi connectivity index (χ1v) is 5.90. The molecule has 1 N–H and O–H groups in total. The molecule has 2 aromatic rings. The monoisotopic (exact) mass is 245 g/mol. The van der Waals surface area contributed by atoms with Gasteiger partial charge < -0.3 is 5.11 Å². The summed E-state index contributed by atoms with van der Waals surface area (Å²) in [6.45, 7) is 4.04. The molecule has 0 aliphatic heterocycles. The summed E-state index contributed by atoms with van der Waals surface area (Å²) >= 11 is 0. The van der Waals surface area contributed by atoms with Crippen LogP contribution in [0.4, 0.5) is 4.39 Å². The molecule has 0 fully saturated rings. The molecule has 18 heavy (non-hydrogen) atoms. The average Bonchev–Trinajstić information content (AvgIpc) is 2.27. The van der Waals surface area contributed by atoms with Crippen molar-refractivity contribution in [3.8, 4) is 0 Å². The van der Waals surface area contributed by atoms with E-state index < -0.39 is 11.9 Å². The molecule has 1 aromatic heterocycles. The van der Waals surface area contributed by atoms with Gasteiger partial charge in [0, 0.05) is 18.2 Å². The number of rotatable bonds is 3. The van der Waals surface area contributed by atoms with E-state index in [1.807, 2.05) is 26.0 Å². The minimum Gasteiger partial charge on any atom is -0.388 e. The molecule has 0 aliphatic carbocycles. The van der Waals surface area contributed by atoms with Gasteiger partial charge in [0.15, 0.2) is 0 Å².